The highest BCUT2D eigenvalue weighted by atomic mass is 32.2. The number of carbonyl (C=O) groups excluding carboxylic acids is 1. The van der Waals surface area contributed by atoms with Crippen molar-refractivity contribution < 1.29 is 22.0 Å². The lowest BCUT2D eigenvalue weighted by atomic mass is 10.2. The molecule has 0 unspecified atom stereocenters. The molecular weight excluding hydrogens is 506 g/mol. The van der Waals surface area contributed by atoms with Crippen LogP contribution in [-0.4, -0.2) is 44.8 Å². The average molecular weight is 531 g/mol. The van der Waals surface area contributed by atoms with Crippen molar-refractivity contribution in [3.05, 3.63) is 48.0 Å². The first-order valence-electron chi connectivity index (χ1n) is 11.6. The van der Waals surface area contributed by atoms with E-state index in [0.29, 0.717) is 11.4 Å². The lowest BCUT2D eigenvalue weighted by Crippen LogP contribution is -2.16. The van der Waals surface area contributed by atoms with E-state index in [2.05, 4.69) is 35.4 Å². The van der Waals surface area contributed by atoms with Crippen LogP contribution < -0.4 is 15.4 Å². The molecule has 0 radical (unpaired) electrons. The number of aryl methyl sites for hydroxylation is 1. The van der Waals surface area contributed by atoms with Gasteiger partial charge < -0.3 is 15.6 Å². The molecule has 1 aliphatic carbocycles. The van der Waals surface area contributed by atoms with Crippen LogP contribution in [0.25, 0.3) is 16.9 Å². The highest BCUT2D eigenvalue weighted by Crippen LogP contribution is 2.35. The van der Waals surface area contributed by atoms with E-state index in [1.807, 2.05) is 13.0 Å². The van der Waals surface area contributed by atoms with Crippen LogP contribution in [0, 0.1) is 12.8 Å². The molecule has 1 amide bonds. The first-order valence-corrected chi connectivity index (χ1v) is 13.2. The molecule has 0 atom stereocenters. The van der Waals surface area contributed by atoms with Gasteiger partial charge >= 0.3 is 0 Å². The number of rotatable bonds is 9. The number of alkyl halides is 2. The average Bonchev–Trinajstić information content (AvgIpc) is 3.47. The second kappa shape index (κ2) is 9.42. The second-order valence-corrected chi connectivity index (χ2v) is 10.7. The van der Waals surface area contributed by atoms with E-state index >= 15 is 0 Å². The summed E-state index contributed by atoms with van der Waals surface area (Å²) < 4.78 is 55.8. The Morgan fingerprint density at radius 3 is 2.59 bits per heavy atom. The number of nitrogens with zero attached hydrogens (tertiary/aromatic N) is 4. The van der Waals surface area contributed by atoms with Crippen LogP contribution in [0.2, 0.25) is 0 Å². The monoisotopic (exact) mass is 530 g/mol. The van der Waals surface area contributed by atoms with Crippen molar-refractivity contribution in [3.63, 3.8) is 0 Å². The van der Waals surface area contributed by atoms with Crippen molar-refractivity contribution in [3.8, 4) is 5.69 Å². The Hall–Kier alpha value is -4.07. The van der Waals surface area contributed by atoms with Crippen molar-refractivity contribution in [2.75, 3.05) is 21.1 Å². The Balaban J connectivity index is 1.58. The summed E-state index contributed by atoms with van der Waals surface area (Å²) in [5.74, 6) is -0.908. The summed E-state index contributed by atoms with van der Waals surface area (Å²) >= 11 is 0. The number of sulfonamides is 1. The summed E-state index contributed by atoms with van der Waals surface area (Å²) in [5.41, 5.74) is 2.37. The van der Waals surface area contributed by atoms with Gasteiger partial charge in [0.15, 0.2) is 11.5 Å². The largest absolute Gasteiger partial charge is 0.352 e. The van der Waals surface area contributed by atoms with Crippen molar-refractivity contribution in [2.45, 2.75) is 33.1 Å². The van der Waals surface area contributed by atoms with Gasteiger partial charge in [-0.15, -0.1) is 0 Å². The van der Waals surface area contributed by atoms with E-state index in [9.17, 15) is 22.0 Å². The van der Waals surface area contributed by atoms with Crippen molar-refractivity contribution >= 4 is 50.0 Å². The third kappa shape index (κ3) is 5.38. The highest BCUT2D eigenvalue weighted by molar-refractivity contribution is 7.92. The van der Waals surface area contributed by atoms with Crippen molar-refractivity contribution in [1.82, 2.24) is 24.7 Å². The van der Waals surface area contributed by atoms with E-state index in [1.165, 1.54) is 13.0 Å². The molecule has 194 valence electrons. The maximum absolute atomic E-state index is 13.4. The Kier molecular flexibility index (Phi) is 6.27. The quantitative estimate of drug-likeness (QED) is 0.253. The smallest absolute Gasteiger partial charge is 0.295 e. The minimum absolute atomic E-state index is 0.0225. The molecule has 1 aromatic carbocycles. The van der Waals surface area contributed by atoms with Gasteiger partial charge in [-0.2, -0.15) is 5.10 Å². The molecule has 37 heavy (non-hydrogen) atoms. The van der Waals surface area contributed by atoms with Crippen LogP contribution in [0.3, 0.4) is 0 Å². The lowest BCUT2D eigenvalue weighted by Gasteiger charge is -2.16. The minimum atomic E-state index is -3.67. The van der Waals surface area contributed by atoms with E-state index in [1.54, 1.807) is 29.1 Å². The number of carbonyl (C=O) groups is 1. The van der Waals surface area contributed by atoms with Gasteiger partial charge in [-0.25, -0.2) is 31.8 Å². The zero-order valence-corrected chi connectivity index (χ0v) is 20.7. The number of pyridine rings is 1. The normalized spacial score (nSPS) is 13.8. The molecule has 0 saturated heterocycles. The van der Waals surface area contributed by atoms with Crippen LogP contribution in [0.4, 0.5) is 31.7 Å². The zero-order chi connectivity index (χ0) is 26.3. The molecule has 0 aliphatic heterocycles. The van der Waals surface area contributed by atoms with Crippen molar-refractivity contribution in [1.29, 1.82) is 0 Å². The molecule has 5 rings (SSSR count). The number of nitrogens with one attached hydrogen (secondary N) is 4. The topological polar surface area (TPSA) is 147 Å². The van der Waals surface area contributed by atoms with Gasteiger partial charge in [0.1, 0.15) is 11.3 Å². The Labute approximate surface area is 210 Å². The van der Waals surface area contributed by atoms with Crippen molar-refractivity contribution in [2.24, 2.45) is 5.92 Å². The van der Waals surface area contributed by atoms with E-state index in [4.69, 9.17) is 0 Å². The number of halogens is 2. The number of anilines is 4. The molecule has 3 aromatic heterocycles. The number of hydrogen-bond donors (Lipinski definition) is 4. The number of H-pyrrole nitrogens is 1. The number of aromatic amines is 1. The predicted octanol–water partition coefficient (Wildman–Crippen LogP) is 4.24. The van der Waals surface area contributed by atoms with Gasteiger partial charge in [0.05, 0.1) is 34.2 Å². The summed E-state index contributed by atoms with van der Waals surface area (Å²) in [5, 5.41) is 10.2. The maximum Gasteiger partial charge on any atom is 0.295 e. The van der Waals surface area contributed by atoms with Crippen LogP contribution >= 0.6 is 0 Å². The highest BCUT2D eigenvalue weighted by Gasteiger charge is 2.30. The Bertz CT molecular complexity index is 1590. The SMILES string of the molecule is CCS(=O)(=O)Nc1cc(-n2ccc(C)n2)ccc1Nc1cc(NC(=O)C2CC2)nc2nc(C(F)F)[nH]c12. The van der Waals surface area contributed by atoms with Gasteiger partial charge in [-0.05, 0) is 51.0 Å². The van der Waals surface area contributed by atoms with Gasteiger partial charge in [-0.1, -0.05) is 0 Å². The third-order valence-corrected chi connectivity index (χ3v) is 7.08. The molecule has 1 saturated carbocycles. The number of hydrogen-bond acceptors (Lipinski definition) is 7. The van der Waals surface area contributed by atoms with Gasteiger partial charge in [0.2, 0.25) is 15.9 Å². The minimum Gasteiger partial charge on any atom is -0.352 e. The first-order chi connectivity index (χ1) is 17.6. The summed E-state index contributed by atoms with van der Waals surface area (Å²) in [4.78, 5) is 22.9. The standard InChI is InChI=1S/C23H24F2N8O3S/c1-3-37(35,36)32-16-10-14(33-9-8-12(2)31-33)6-7-15(16)26-17-11-18(28-23(34)13-4-5-13)27-21-19(17)29-22(30-21)20(24)25/h6-11,13,20,32H,3-5H2,1-2H3,(H3,26,27,28,29,30,34). The molecule has 4 N–H and O–H groups in total. The predicted molar refractivity (Wildman–Crippen MR) is 135 cm³/mol. The van der Waals surface area contributed by atoms with E-state index < -0.39 is 22.3 Å². The number of aromatic nitrogens is 5. The van der Waals surface area contributed by atoms with Gasteiger partial charge in [0.25, 0.3) is 6.43 Å². The molecule has 0 bridgehead atoms. The van der Waals surface area contributed by atoms with E-state index in [-0.39, 0.29) is 45.9 Å². The summed E-state index contributed by atoms with van der Waals surface area (Å²) in [6.07, 6.45) is 0.434. The second-order valence-electron chi connectivity index (χ2n) is 8.70. The Morgan fingerprint density at radius 1 is 1.16 bits per heavy atom. The van der Waals surface area contributed by atoms with E-state index in [0.717, 1.165) is 18.5 Å². The first kappa shape index (κ1) is 24.6. The molecule has 11 nitrogen and oxygen atoms in total. The number of amides is 1. The molecule has 3 heterocycles. The maximum atomic E-state index is 13.4. The number of benzene rings is 1. The lowest BCUT2D eigenvalue weighted by molar-refractivity contribution is -0.117. The van der Waals surface area contributed by atoms with Crippen LogP contribution in [0.1, 0.15) is 37.7 Å². The third-order valence-electron chi connectivity index (χ3n) is 5.79. The molecule has 0 spiro atoms. The summed E-state index contributed by atoms with van der Waals surface area (Å²) in [6, 6.07) is 8.27. The number of imidazole rings is 1. The molecule has 1 fully saturated rings. The molecule has 4 aromatic rings. The fourth-order valence-electron chi connectivity index (χ4n) is 3.66. The van der Waals surface area contributed by atoms with Crippen LogP contribution in [-0.2, 0) is 14.8 Å². The van der Waals surface area contributed by atoms with Gasteiger partial charge in [0, 0.05) is 18.2 Å². The zero-order valence-electron chi connectivity index (χ0n) is 19.9. The summed E-state index contributed by atoms with van der Waals surface area (Å²) in [6.45, 7) is 3.34. The fraction of sp³-hybridized carbons (Fsp3) is 0.304. The molecular formula is C23H24F2N8O3S. The fourth-order valence-corrected chi connectivity index (χ4v) is 4.31. The number of fused-ring (bicyclic) bond motifs is 1. The van der Waals surface area contributed by atoms with Crippen LogP contribution in [0.5, 0.6) is 0 Å². The Morgan fingerprint density at radius 2 is 1.95 bits per heavy atom. The van der Waals surface area contributed by atoms with Gasteiger partial charge in [-0.3, -0.25) is 9.52 Å². The molecule has 1 aliphatic rings. The summed E-state index contributed by atoms with van der Waals surface area (Å²) in [7, 11) is -3.67. The molecule has 14 heteroatoms. The van der Waals surface area contributed by atoms with Crippen LogP contribution in [0.15, 0.2) is 36.5 Å².